The average molecular weight is 513 g/mol. The predicted molar refractivity (Wildman–Crippen MR) is 134 cm³/mol. The Hall–Kier alpha value is -3.50. The highest BCUT2D eigenvalue weighted by molar-refractivity contribution is 7.89. The highest BCUT2D eigenvalue weighted by Crippen LogP contribution is 2.27. The zero-order valence-corrected chi connectivity index (χ0v) is 21.0. The Balaban J connectivity index is 1.76. The Labute approximate surface area is 208 Å². The molecular formula is C26H26F2N4O3S. The lowest BCUT2D eigenvalue weighted by Crippen LogP contribution is -2.32. The molecule has 4 aromatic rings. The minimum Gasteiger partial charge on any atom is -0.267 e. The first-order valence-corrected chi connectivity index (χ1v) is 13.1. The molecule has 0 bridgehead atoms. The fourth-order valence-electron chi connectivity index (χ4n) is 4.05. The molecule has 10 heteroatoms. The number of fused-ring (bicyclic) bond motifs is 1. The Morgan fingerprint density at radius 3 is 2.19 bits per heavy atom. The van der Waals surface area contributed by atoms with Crippen LogP contribution >= 0.6 is 0 Å². The van der Waals surface area contributed by atoms with Crippen molar-refractivity contribution < 1.29 is 17.2 Å². The van der Waals surface area contributed by atoms with Gasteiger partial charge in [-0.25, -0.2) is 22.2 Å². The summed E-state index contributed by atoms with van der Waals surface area (Å²) in [5.74, 6) is -1.45. The number of aryl methyl sites for hydroxylation is 1. The number of sulfonamides is 1. The highest BCUT2D eigenvalue weighted by Gasteiger charge is 2.23. The van der Waals surface area contributed by atoms with Gasteiger partial charge in [-0.3, -0.25) is 4.79 Å². The highest BCUT2D eigenvalue weighted by atomic mass is 32.2. The zero-order chi connectivity index (χ0) is 26.0. The molecule has 188 valence electrons. The lowest BCUT2D eigenvalue weighted by atomic mass is 10.0. The van der Waals surface area contributed by atoms with E-state index in [1.807, 2.05) is 13.8 Å². The Kier molecular flexibility index (Phi) is 7.28. The van der Waals surface area contributed by atoms with Gasteiger partial charge in [0.1, 0.15) is 11.6 Å². The van der Waals surface area contributed by atoms with Crippen molar-refractivity contribution in [2.45, 2.75) is 38.5 Å². The van der Waals surface area contributed by atoms with Crippen LogP contribution in [0.5, 0.6) is 0 Å². The van der Waals surface area contributed by atoms with E-state index in [0.29, 0.717) is 48.4 Å². The molecular weight excluding hydrogens is 486 g/mol. The topological polar surface area (TPSA) is 84.6 Å². The number of halogens is 2. The van der Waals surface area contributed by atoms with Gasteiger partial charge in [-0.1, -0.05) is 26.0 Å². The van der Waals surface area contributed by atoms with E-state index in [1.165, 1.54) is 34.6 Å². The van der Waals surface area contributed by atoms with Crippen LogP contribution in [0.1, 0.15) is 32.4 Å². The minimum absolute atomic E-state index is 0.141. The van der Waals surface area contributed by atoms with Crippen molar-refractivity contribution >= 4 is 15.7 Å². The van der Waals surface area contributed by atoms with Gasteiger partial charge in [0.2, 0.25) is 10.0 Å². The number of nitrogens with zero attached hydrogens (tertiary/aromatic N) is 4. The molecule has 0 aliphatic rings. The standard InChI is InChI=1S/C26H26F2N4O3S/c1-4-12-31(13-5-2)36(34,35)20-9-6-18(7-10-20)24-16-26(33)32-25(29-24)15-22(17(3)30-32)21-11-8-19(27)14-23(21)28/h6-11,14-16H,4-5,12-13H2,1-3H3. The maximum Gasteiger partial charge on any atom is 0.275 e. The second-order valence-electron chi connectivity index (χ2n) is 8.45. The first-order chi connectivity index (χ1) is 17.1. The van der Waals surface area contributed by atoms with E-state index in [0.717, 1.165) is 16.6 Å². The molecule has 0 aliphatic heterocycles. The van der Waals surface area contributed by atoms with Gasteiger partial charge in [0.25, 0.3) is 5.56 Å². The lowest BCUT2D eigenvalue weighted by molar-refractivity contribution is 0.410. The average Bonchev–Trinajstić information content (AvgIpc) is 2.84. The van der Waals surface area contributed by atoms with Crippen LogP contribution in [0.25, 0.3) is 28.0 Å². The molecule has 0 radical (unpaired) electrons. The van der Waals surface area contributed by atoms with Gasteiger partial charge in [-0.15, -0.1) is 0 Å². The number of benzene rings is 2. The Morgan fingerprint density at radius 2 is 1.58 bits per heavy atom. The van der Waals surface area contributed by atoms with Crippen LogP contribution in [-0.2, 0) is 10.0 Å². The molecule has 0 spiro atoms. The molecule has 4 rings (SSSR count). The van der Waals surface area contributed by atoms with Crippen LogP contribution in [0.3, 0.4) is 0 Å². The van der Waals surface area contributed by atoms with Crippen molar-refractivity contribution in [3.63, 3.8) is 0 Å². The van der Waals surface area contributed by atoms with Crippen molar-refractivity contribution in [3.05, 3.63) is 82.3 Å². The molecule has 0 unspecified atom stereocenters. The first kappa shape index (κ1) is 25.6. The third-order valence-electron chi connectivity index (χ3n) is 5.79. The zero-order valence-electron chi connectivity index (χ0n) is 20.2. The molecule has 0 saturated heterocycles. The lowest BCUT2D eigenvalue weighted by Gasteiger charge is -2.21. The van der Waals surface area contributed by atoms with Crippen molar-refractivity contribution in [2.75, 3.05) is 13.1 Å². The SMILES string of the molecule is CCCN(CCC)S(=O)(=O)c1ccc(-c2cc(=O)n3nc(C)c(-c4ccc(F)cc4F)cc3n2)cc1. The third kappa shape index (κ3) is 4.91. The van der Waals surface area contributed by atoms with Gasteiger partial charge in [-0.05, 0) is 50.1 Å². The summed E-state index contributed by atoms with van der Waals surface area (Å²) < 4.78 is 56.4. The molecule has 0 amide bonds. The predicted octanol–water partition coefficient (Wildman–Crippen LogP) is 4.82. The normalized spacial score (nSPS) is 11.9. The molecule has 2 aromatic carbocycles. The van der Waals surface area contributed by atoms with Gasteiger partial charge in [0.05, 0.1) is 16.3 Å². The van der Waals surface area contributed by atoms with Crippen LogP contribution in [-0.4, -0.2) is 40.4 Å². The number of hydrogen-bond acceptors (Lipinski definition) is 5. The molecule has 7 nitrogen and oxygen atoms in total. The van der Waals surface area contributed by atoms with Crippen molar-refractivity contribution in [1.29, 1.82) is 0 Å². The van der Waals surface area contributed by atoms with Gasteiger partial charge < -0.3 is 0 Å². The van der Waals surface area contributed by atoms with Gasteiger partial charge in [-0.2, -0.15) is 13.9 Å². The molecule has 0 atom stereocenters. The van der Waals surface area contributed by atoms with Crippen LogP contribution in [0.15, 0.2) is 64.3 Å². The maximum atomic E-state index is 14.4. The second-order valence-corrected chi connectivity index (χ2v) is 10.4. The van der Waals surface area contributed by atoms with Crippen molar-refractivity contribution in [1.82, 2.24) is 18.9 Å². The third-order valence-corrected chi connectivity index (χ3v) is 7.70. The summed E-state index contributed by atoms with van der Waals surface area (Å²) in [6, 6.07) is 12.3. The van der Waals surface area contributed by atoms with Crippen LogP contribution in [0, 0.1) is 18.6 Å². The van der Waals surface area contributed by atoms with Crippen LogP contribution in [0.2, 0.25) is 0 Å². The number of rotatable bonds is 8. The van der Waals surface area contributed by atoms with Crippen LogP contribution in [0.4, 0.5) is 8.78 Å². The van der Waals surface area contributed by atoms with Gasteiger partial charge in [0, 0.05) is 41.9 Å². The fourth-order valence-corrected chi connectivity index (χ4v) is 5.68. The molecule has 0 fully saturated rings. The molecule has 0 saturated carbocycles. The van der Waals surface area contributed by atoms with Gasteiger partial charge in [0.15, 0.2) is 5.65 Å². The monoisotopic (exact) mass is 512 g/mol. The molecule has 0 N–H and O–H groups in total. The van der Waals surface area contributed by atoms with E-state index in [2.05, 4.69) is 10.1 Å². The first-order valence-electron chi connectivity index (χ1n) is 11.6. The quantitative estimate of drug-likeness (QED) is 0.338. The van der Waals surface area contributed by atoms with Gasteiger partial charge >= 0.3 is 0 Å². The van der Waals surface area contributed by atoms with E-state index in [4.69, 9.17) is 0 Å². The summed E-state index contributed by atoms with van der Waals surface area (Å²) in [7, 11) is -3.64. The number of hydrogen-bond donors (Lipinski definition) is 0. The molecule has 2 heterocycles. The Morgan fingerprint density at radius 1 is 0.917 bits per heavy atom. The summed E-state index contributed by atoms with van der Waals surface area (Å²) in [5, 5.41) is 4.25. The van der Waals surface area contributed by atoms with E-state index in [9.17, 15) is 22.0 Å². The summed E-state index contributed by atoms with van der Waals surface area (Å²) in [5.41, 5.74) is 1.49. The Bertz CT molecular complexity index is 1580. The van der Waals surface area contributed by atoms with E-state index in [1.54, 1.807) is 19.1 Å². The molecule has 0 aliphatic carbocycles. The van der Waals surface area contributed by atoms with E-state index >= 15 is 0 Å². The number of aromatic nitrogens is 3. The minimum atomic E-state index is -3.64. The van der Waals surface area contributed by atoms with Crippen molar-refractivity contribution in [3.8, 4) is 22.4 Å². The summed E-state index contributed by atoms with van der Waals surface area (Å²) in [6.45, 7) is 6.35. The fraction of sp³-hybridized carbons (Fsp3) is 0.269. The summed E-state index contributed by atoms with van der Waals surface area (Å²) in [6.07, 6.45) is 1.42. The second kappa shape index (κ2) is 10.2. The maximum absolute atomic E-state index is 14.4. The van der Waals surface area contributed by atoms with E-state index < -0.39 is 27.2 Å². The summed E-state index contributed by atoms with van der Waals surface area (Å²) in [4.78, 5) is 17.5. The van der Waals surface area contributed by atoms with Crippen molar-refractivity contribution in [2.24, 2.45) is 0 Å². The molecule has 36 heavy (non-hydrogen) atoms. The van der Waals surface area contributed by atoms with Crippen LogP contribution < -0.4 is 5.56 Å². The molecule has 2 aromatic heterocycles. The largest absolute Gasteiger partial charge is 0.275 e. The van der Waals surface area contributed by atoms with E-state index in [-0.39, 0.29) is 16.1 Å². The smallest absolute Gasteiger partial charge is 0.267 e. The summed E-state index contributed by atoms with van der Waals surface area (Å²) >= 11 is 0.